The van der Waals surface area contributed by atoms with Crippen LogP contribution in [0.15, 0.2) is 35.1 Å². The highest BCUT2D eigenvalue weighted by molar-refractivity contribution is 6.30. The van der Waals surface area contributed by atoms with Crippen LogP contribution in [0.3, 0.4) is 0 Å². The van der Waals surface area contributed by atoms with E-state index < -0.39 is 0 Å². The molecule has 0 radical (unpaired) electrons. The predicted molar refractivity (Wildman–Crippen MR) is 91.4 cm³/mol. The molecule has 1 N–H and O–H groups in total. The molecule has 3 aromatic rings. The molecule has 6 heteroatoms. The van der Waals surface area contributed by atoms with E-state index in [0.717, 1.165) is 17.9 Å². The Bertz CT molecular complexity index is 881. The summed E-state index contributed by atoms with van der Waals surface area (Å²) in [6.45, 7) is 4.86. The van der Waals surface area contributed by atoms with E-state index in [0.29, 0.717) is 35.0 Å². The predicted octanol–water partition coefficient (Wildman–Crippen LogP) is 3.46. The number of nitrogens with zero attached hydrogens (tertiary/aromatic N) is 2. The average Bonchev–Trinajstić information content (AvgIpc) is 2.88. The first-order valence-corrected chi connectivity index (χ1v) is 7.87. The standard InChI is InChI=1S/C17H18ClN3O2/c1-11-10-15-16(19-11)20-12(2)21(17(15)22)8-3-9-23-14-6-4-13(18)5-7-14/h4-7,10,19H,3,8-9H2,1-2H3. The number of benzene rings is 1. The number of ether oxygens (including phenoxy) is 1. The Morgan fingerprint density at radius 2 is 2.00 bits per heavy atom. The molecule has 0 aliphatic rings. The highest BCUT2D eigenvalue weighted by Crippen LogP contribution is 2.15. The van der Waals surface area contributed by atoms with Gasteiger partial charge in [-0.25, -0.2) is 4.98 Å². The fourth-order valence-corrected chi connectivity index (χ4v) is 2.67. The van der Waals surface area contributed by atoms with Crippen LogP contribution in [-0.4, -0.2) is 21.1 Å². The van der Waals surface area contributed by atoms with Gasteiger partial charge in [0.15, 0.2) is 0 Å². The van der Waals surface area contributed by atoms with E-state index in [2.05, 4.69) is 9.97 Å². The Morgan fingerprint density at radius 3 is 2.74 bits per heavy atom. The normalized spacial score (nSPS) is 11.1. The molecule has 0 aliphatic carbocycles. The quantitative estimate of drug-likeness (QED) is 0.728. The van der Waals surface area contributed by atoms with Crippen LogP contribution in [-0.2, 0) is 6.54 Å². The zero-order valence-corrected chi connectivity index (χ0v) is 13.9. The molecule has 23 heavy (non-hydrogen) atoms. The summed E-state index contributed by atoms with van der Waals surface area (Å²) in [6, 6.07) is 9.08. The molecule has 2 heterocycles. The molecule has 0 spiro atoms. The Balaban J connectivity index is 1.67. The minimum absolute atomic E-state index is 0.0108. The van der Waals surface area contributed by atoms with Gasteiger partial charge in [0.25, 0.3) is 5.56 Å². The molecule has 0 saturated heterocycles. The second-order valence-corrected chi connectivity index (χ2v) is 5.92. The lowest BCUT2D eigenvalue weighted by molar-refractivity contribution is 0.300. The number of aromatic nitrogens is 3. The highest BCUT2D eigenvalue weighted by Gasteiger charge is 2.09. The Morgan fingerprint density at radius 1 is 1.26 bits per heavy atom. The fraction of sp³-hybridized carbons (Fsp3) is 0.294. The van der Waals surface area contributed by atoms with Crippen LogP contribution in [0, 0.1) is 13.8 Å². The lowest BCUT2D eigenvalue weighted by Gasteiger charge is -2.10. The number of rotatable bonds is 5. The van der Waals surface area contributed by atoms with Crippen LogP contribution < -0.4 is 10.3 Å². The number of aryl methyl sites for hydroxylation is 2. The molecule has 0 atom stereocenters. The Labute approximate surface area is 138 Å². The maximum absolute atomic E-state index is 12.5. The van der Waals surface area contributed by atoms with Crippen LogP contribution in [0.4, 0.5) is 0 Å². The van der Waals surface area contributed by atoms with Gasteiger partial charge in [0, 0.05) is 17.3 Å². The molecule has 0 aliphatic heterocycles. The van der Waals surface area contributed by atoms with Crippen molar-refractivity contribution in [3.05, 3.63) is 57.2 Å². The molecule has 120 valence electrons. The molecular formula is C17H18ClN3O2. The molecule has 0 unspecified atom stereocenters. The molecule has 1 aromatic carbocycles. The van der Waals surface area contributed by atoms with E-state index in [9.17, 15) is 4.79 Å². The first-order chi connectivity index (χ1) is 11.0. The van der Waals surface area contributed by atoms with Crippen LogP contribution >= 0.6 is 11.6 Å². The number of H-pyrrole nitrogens is 1. The molecule has 0 saturated carbocycles. The van der Waals surface area contributed by atoms with Gasteiger partial charge in [-0.1, -0.05) is 11.6 Å². The van der Waals surface area contributed by atoms with Crippen molar-refractivity contribution < 1.29 is 4.74 Å². The Hall–Kier alpha value is -2.27. The van der Waals surface area contributed by atoms with Crippen LogP contribution in [0.25, 0.3) is 11.0 Å². The highest BCUT2D eigenvalue weighted by atomic mass is 35.5. The molecule has 0 amide bonds. The van der Waals surface area contributed by atoms with Crippen molar-refractivity contribution in [1.82, 2.24) is 14.5 Å². The minimum atomic E-state index is -0.0108. The van der Waals surface area contributed by atoms with Crippen LogP contribution in [0.5, 0.6) is 5.75 Å². The van der Waals surface area contributed by atoms with Crippen molar-refractivity contribution in [1.29, 1.82) is 0 Å². The summed E-state index contributed by atoms with van der Waals surface area (Å²) < 4.78 is 7.35. The van der Waals surface area contributed by atoms with Crippen molar-refractivity contribution in [3.63, 3.8) is 0 Å². The number of nitrogens with one attached hydrogen (secondary N) is 1. The van der Waals surface area contributed by atoms with Gasteiger partial charge in [-0.15, -0.1) is 0 Å². The van der Waals surface area contributed by atoms with Gasteiger partial charge < -0.3 is 9.72 Å². The molecule has 0 fully saturated rings. The SMILES string of the molecule is Cc1cc2c(=O)n(CCCOc3ccc(Cl)cc3)c(C)nc2[nH]1. The third-order valence-corrected chi connectivity index (χ3v) is 3.93. The largest absolute Gasteiger partial charge is 0.494 e. The Kier molecular flexibility index (Phi) is 4.39. The zero-order valence-electron chi connectivity index (χ0n) is 13.1. The summed E-state index contributed by atoms with van der Waals surface area (Å²) in [6.07, 6.45) is 0.722. The van der Waals surface area contributed by atoms with E-state index in [-0.39, 0.29) is 5.56 Å². The first kappa shape index (κ1) is 15.6. The van der Waals surface area contributed by atoms with Crippen molar-refractivity contribution >= 4 is 22.6 Å². The fourth-order valence-electron chi connectivity index (χ4n) is 2.55. The maximum Gasteiger partial charge on any atom is 0.263 e. The van der Waals surface area contributed by atoms with Crippen LogP contribution in [0.1, 0.15) is 17.9 Å². The molecule has 5 nitrogen and oxygen atoms in total. The monoisotopic (exact) mass is 331 g/mol. The average molecular weight is 332 g/mol. The second-order valence-electron chi connectivity index (χ2n) is 5.49. The summed E-state index contributed by atoms with van der Waals surface area (Å²) in [5, 5.41) is 1.31. The minimum Gasteiger partial charge on any atom is -0.494 e. The molecule has 3 rings (SSSR count). The van der Waals surface area contributed by atoms with Gasteiger partial charge in [0.1, 0.15) is 17.2 Å². The van der Waals surface area contributed by atoms with E-state index in [4.69, 9.17) is 16.3 Å². The smallest absolute Gasteiger partial charge is 0.263 e. The number of fused-ring (bicyclic) bond motifs is 1. The van der Waals surface area contributed by atoms with Crippen molar-refractivity contribution in [2.45, 2.75) is 26.8 Å². The number of hydrogen-bond donors (Lipinski definition) is 1. The van der Waals surface area contributed by atoms with Gasteiger partial charge in [-0.3, -0.25) is 9.36 Å². The van der Waals surface area contributed by atoms with E-state index in [1.807, 2.05) is 32.0 Å². The van der Waals surface area contributed by atoms with Crippen molar-refractivity contribution in [3.8, 4) is 5.75 Å². The van der Waals surface area contributed by atoms with Crippen molar-refractivity contribution in [2.24, 2.45) is 0 Å². The third kappa shape index (κ3) is 3.40. The van der Waals surface area contributed by atoms with Gasteiger partial charge in [-0.05, 0) is 50.6 Å². The van der Waals surface area contributed by atoms with E-state index >= 15 is 0 Å². The van der Waals surface area contributed by atoms with Crippen LogP contribution in [0.2, 0.25) is 5.02 Å². The summed E-state index contributed by atoms with van der Waals surface area (Å²) >= 11 is 5.83. The topological polar surface area (TPSA) is 59.9 Å². The first-order valence-electron chi connectivity index (χ1n) is 7.50. The molecule has 2 aromatic heterocycles. The van der Waals surface area contributed by atoms with Gasteiger partial charge >= 0.3 is 0 Å². The molecular weight excluding hydrogens is 314 g/mol. The van der Waals surface area contributed by atoms with E-state index in [1.165, 1.54) is 0 Å². The maximum atomic E-state index is 12.5. The summed E-state index contributed by atoms with van der Waals surface area (Å²) in [7, 11) is 0. The summed E-state index contributed by atoms with van der Waals surface area (Å²) in [5.41, 5.74) is 1.58. The second kappa shape index (κ2) is 6.46. The number of halogens is 1. The zero-order chi connectivity index (χ0) is 16.4. The van der Waals surface area contributed by atoms with Gasteiger partial charge in [-0.2, -0.15) is 0 Å². The molecule has 0 bridgehead atoms. The summed E-state index contributed by atoms with van der Waals surface area (Å²) in [5.74, 6) is 1.48. The third-order valence-electron chi connectivity index (χ3n) is 3.68. The summed E-state index contributed by atoms with van der Waals surface area (Å²) in [4.78, 5) is 20.1. The lowest BCUT2D eigenvalue weighted by Crippen LogP contribution is -2.24. The number of aromatic amines is 1. The lowest BCUT2D eigenvalue weighted by atomic mass is 10.3. The van der Waals surface area contributed by atoms with E-state index in [1.54, 1.807) is 16.7 Å². The number of hydrogen-bond acceptors (Lipinski definition) is 3. The van der Waals surface area contributed by atoms with Crippen molar-refractivity contribution in [2.75, 3.05) is 6.61 Å². The van der Waals surface area contributed by atoms with Gasteiger partial charge in [0.05, 0.1) is 12.0 Å². The van der Waals surface area contributed by atoms with Gasteiger partial charge in [0.2, 0.25) is 0 Å².